The van der Waals surface area contributed by atoms with Crippen molar-refractivity contribution in [2.45, 2.75) is 30.8 Å². The Bertz CT molecular complexity index is 888. The smallest absolute Gasteiger partial charge is 0.411 e. The lowest BCUT2D eigenvalue weighted by molar-refractivity contribution is -0.146. The van der Waals surface area contributed by atoms with Gasteiger partial charge in [-0.3, -0.25) is 4.90 Å². The maximum Gasteiger partial charge on any atom is 0.411 e. The Morgan fingerprint density at radius 3 is 1.79 bits per heavy atom. The molecule has 0 bridgehead atoms. The fraction of sp³-hybridized carbons (Fsp3) is 0.286. The maximum absolute atomic E-state index is 12.6. The van der Waals surface area contributed by atoms with Gasteiger partial charge in [0, 0.05) is 5.92 Å². The van der Waals surface area contributed by atoms with Crippen molar-refractivity contribution in [2.75, 3.05) is 6.61 Å². The second-order valence-corrected chi connectivity index (χ2v) is 7.00. The summed E-state index contributed by atoms with van der Waals surface area (Å²) in [6, 6.07) is 13.3. The third-order valence-corrected chi connectivity index (χ3v) is 5.50. The minimum absolute atomic E-state index is 0.0159. The molecule has 1 fully saturated rings. The number of fused-ring (bicyclic) bond motifs is 3. The molecular formula is C21H19NO6. The molecule has 0 unspecified atom stereocenters. The Hall–Kier alpha value is -3.35. The van der Waals surface area contributed by atoms with Gasteiger partial charge in [-0.25, -0.2) is 14.4 Å². The number of hydrogen-bond donors (Lipinski definition) is 2. The SMILES string of the molecule is O=C(O)[C@H]1CC[C@@H](C(=O)O)N1C(=O)OCC1c2ccccc2-c2ccccc21. The Morgan fingerprint density at radius 2 is 1.32 bits per heavy atom. The summed E-state index contributed by atoms with van der Waals surface area (Å²) in [7, 11) is 0. The van der Waals surface area contributed by atoms with Crippen LogP contribution in [0, 0.1) is 0 Å². The minimum Gasteiger partial charge on any atom is -0.480 e. The molecule has 1 aliphatic heterocycles. The first-order valence-corrected chi connectivity index (χ1v) is 9.08. The monoisotopic (exact) mass is 381 g/mol. The molecule has 144 valence electrons. The third kappa shape index (κ3) is 2.89. The number of aliphatic carboxylic acids is 2. The second-order valence-electron chi connectivity index (χ2n) is 7.00. The number of carboxylic acid groups (broad SMARTS) is 2. The highest BCUT2D eigenvalue weighted by Crippen LogP contribution is 2.44. The van der Waals surface area contributed by atoms with Crippen LogP contribution in [0.2, 0.25) is 0 Å². The van der Waals surface area contributed by atoms with Crippen molar-refractivity contribution in [1.82, 2.24) is 4.90 Å². The van der Waals surface area contributed by atoms with Gasteiger partial charge in [0.2, 0.25) is 0 Å². The molecule has 4 rings (SSSR count). The molecule has 2 aromatic carbocycles. The van der Waals surface area contributed by atoms with Gasteiger partial charge in [0.1, 0.15) is 18.7 Å². The van der Waals surface area contributed by atoms with Crippen LogP contribution in [-0.2, 0) is 14.3 Å². The van der Waals surface area contributed by atoms with E-state index >= 15 is 0 Å². The molecule has 7 heteroatoms. The van der Waals surface area contributed by atoms with Gasteiger partial charge in [0.15, 0.2) is 0 Å². The number of carbonyl (C=O) groups excluding carboxylic acids is 1. The molecule has 0 spiro atoms. The first-order valence-electron chi connectivity index (χ1n) is 9.08. The van der Waals surface area contributed by atoms with Crippen LogP contribution in [0.1, 0.15) is 29.9 Å². The summed E-state index contributed by atoms with van der Waals surface area (Å²) < 4.78 is 5.44. The van der Waals surface area contributed by atoms with E-state index in [1.165, 1.54) is 0 Å². The highest BCUT2D eigenvalue weighted by Gasteiger charge is 2.45. The predicted molar refractivity (Wildman–Crippen MR) is 99.0 cm³/mol. The lowest BCUT2D eigenvalue weighted by Gasteiger charge is -2.26. The van der Waals surface area contributed by atoms with Crippen LogP contribution >= 0.6 is 0 Å². The van der Waals surface area contributed by atoms with Gasteiger partial charge in [0.25, 0.3) is 0 Å². The molecule has 1 heterocycles. The van der Waals surface area contributed by atoms with E-state index in [-0.39, 0.29) is 25.4 Å². The molecule has 2 aliphatic rings. The summed E-state index contributed by atoms with van der Waals surface area (Å²) in [6.45, 7) is 0.0159. The van der Waals surface area contributed by atoms with E-state index in [0.29, 0.717) is 0 Å². The second kappa shape index (κ2) is 6.99. The van der Waals surface area contributed by atoms with Crippen molar-refractivity contribution in [3.63, 3.8) is 0 Å². The fourth-order valence-corrected chi connectivity index (χ4v) is 4.22. The van der Waals surface area contributed by atoms with Crippen LogP contribution in [-0.4, -0.2) is 51.8 Å². The highest BCUT2D eigenvalue weighted by atomic mass is 16.6. The van der Waals surface area contributed by atoms with Crippen molar-refractivity contribution in [3.05, 3.63) is 59.7 Å². The van der Waals surface area contributed by atoms with Crippen molar-refractivity contribution in [2.24, 2.45) is 0 Å². The van der Waals surface area contributed by atoms with Crippen LogP contribution in [0.25, 0.3) is 11.1 Å². The Labute approximate surface area is 161 Å². The summed E-state index contributed by atoms with van der Waals surface area (Å²) in [4.78, 5) is 36.3. The van der Waals surface area contributed by atoms with Crippen molar-refractivity contribution in [3.8, 4) is 11.1 Å². The Kier molecular flexibility index (Phi) is 4.50. The average Bonchev–Trinajstić information content (AvgIpc) is 3.27. The van der Waals surface area contributed by atoms with Gasteiger partial charge in [-0.15, -0.1) is 0 Å². The van der Waals surface area contributed by atoms with Crippen LogP contribution < -0.4 is 0 Å². The molecule has 1 saturated heterocycles. The Morgan fingerprint density at radius 1 is 0.857 bits per heavy atom. The number of likely N-dealkylation sites (tertiary alicyclic amines) is 1. The van der Waals surface area contributed by atoms with E-state index in [2.05, 4.69) is 0 Å². The predicted octanol–water partition coefficient (Wildman–Crippen LogP) is 2.94. The standard InChI is InChI=1S/C21H19NO6/c23-19(24)17-9-10-18(20(25)26)22(17)21(27)28-11-16-14-7-3-1-5-12(14)13-6-2-4-8-15(13)16/h1-8,16-18H,9-11H2,(H,23,24)(H,25,26)/t17-,18+. The molecule has 0 aromatic heterocycles. The van der Waals surface area contributed by atoms with Crippen molar-refractivity contribution < 1.29 is 29.3 Å². The van der Waals surface area contributed by atoms with E-state index in [9.17, 15) is 24.6 Å². The van der Waals surface area contributed by atoms with Gasteiger partial charge in [-0.2, -0.15) is 0 Å². The zero-order chi connectivity index (χ0) is 19.8. The number of carbonyl (C=O) groups is 3. The molecule has 28 heavy (non-hydrogen) atoms. The van der Waals surface area contributed by atoms with E-state index in [1.54, 1.807) is 0 Å². The third-order valence-electron chi connectivity index (χ3n) is 5.50. The number of hydrogen-bond acceptors (Lipinski definition) is 4. The zero-order valence-electron chi connectivity index (χ0n) is 14.9. The van der Waals surface area contributed by atoms with Crippen LogP contribution in [0.4, 0.5) is 4.79 Å². The molecular weight excluding hydrogens is 362 g/mol. The minimum atomic E-state index is -1.22. The molecule has 1 aliphatic carbocycles. The molecule has 2 N–H and O–H groups in total. The number of rotatable bonds is 4. The normalized spacial score (nSPS) is 20.5. The van der Waals surface area contributed by atoms with E-state index in [1.807, 2.05) is 48.5 Å². The van der Waals surface area contributed by atoms with Gasteiger partial charge in [-0.1, -0.05) is 48.5 Å². The van der Waals surface area contributed by atoms with E-state index < -0.39 is 30.1 Å². The first kappa shape index (κ1) is 18.0. The van der Waals surface area contributed by atoms with Crippen LogP contribution in [0.15, 0.2) is 48.5 Å². The van der Waals surface area contributed by atoms with E-state index in [4.69, 9.17) is 4.74 Å². The zero-order valence-corrected chi connectivity index (χ0v) is 14.9. The number of benzene rings is 2. The molecule has 2 aromatic rings. The van der Waals surface area contributed by atoms with Gasteiger partial charge in [0.05, 0.1) is 0 Å². The lowest BCUT2D eigenvalue weighted by Crippen LogP contribution is -2.48. The summed E-state index contributed by atoms with van der Waals surface area (Å²) in [5, 5.41) is 18.7. The van der Waals surface area contributed by atoms with Gasteiger partial charge < -0.3 is 14.9 Å². The Balaban J connectivity index is 1.56. The van der Waals surface area contributed by atoms with Gasteiger partial charge in [-0.05, 0) is 35.1 Å². The average molecular weight is 381 g/mol. The van der Waals surface area contributed by atoms with E-state index in [0.717, 1.165) is 27.2 Å². The number of amides is 1. The quantitative estimate of drug-likeness (QED) is 0.844. The summed E-state index contributed by atoms with van der Waals surface area (Å²) in [5.41, 5.74) is 4.21. The van der Waals surface area contributed by atoms with Crippen molar-refractivity contribution in [1.29, 1.82) is 0 Å². The molecule has 2 atom stereocenters. The molecule has 0 saturated carbocycles. The number of nitrogens with zero attached hydrogens (tertiary/aromatic N) is 1. The maximum atomic E-state index is 12.6. The first-order chi connectivity index (χ1) is 13.5. The molecule has 1 amide bonds. The highest BCUT2D eigenvalue weighted by molar-refractivity contribution is 5.87. The van der Waals surface area contributed by atoms with Crippen molar-refractivity contribution >= 4 is 18.0 Å². The topological polar surface area (TPSA) is 104 Å². The summed E-state index contributed by atoms with van der Waals surface area (Å²) >= 11 is 0. The lowest BCUT2D eigenvalue weighted by atomic mass is 9.98. The number of carboxylic acids is 2. The van der Waals surface area contributed by atoms with Crippen LogP contribution in [0.3, 0.4) is 0 Å². The fourth-order valence-electron chi connectivity index (χ4n) is 4.22. The van der Waals surface area contributed by atoms with Crippen LogP contribution in [0.5, 0.6) is 0 Å². The molecule has 0 radical (unpaired) electrons. The largest absolute Gasteiger partial charge is 0.480 e. The summed E-state index contributed by atoms with van der Waals surface area (Å²) in [5.74, 6) is -2.62. The molecule has 7 nitrogen and oxygen atoms in total. The van der Waals surface area contributed by atoms with Gasteiger partial charge >= 0.3 is 18.0 Å². The summed E-state index contributed by atoms with van der Waals surface area (Å²) in [6.07, 6.45) is -0.716. The number of ether oxygens (including phenoxy) is 1.